The van der Waals surface area contributed by atoms with Crippen LogP contribution < -0.4 is 5.32 Å². The van der Waals surface area contributed by atoms with Crippen LogP contribution in [0.3, 0.4) is 0 Å². The molecule has 3 rings (SSSR count). The number of anilines is 1. The first-order chi connectivity index (χ1) is 12.7. The van der Waals surface area contributed by atoms with Crippen LogP contribution >= 0.6 is 0 Å². The van der Waals surface area contributed by atoms with Gasteiger partial charge in [0.1, 0.15) is 6.61 Å². The summed E-state index contributed by atoms with van der Waals surface area (Å²) in [7, 11) is 0. The van der Waals surface area contributed by atoms with Gasteiger partial charge in [0.2, 0.25) is 11.8 Å². The molecule has 2 N–H and O–H groups in total. The summed E-state index contributed by atoms with van der Waals surface area (Å²) in [6.45, 7) is 3.71. The van der Waals surface area contributed by atoms with Gasteiger partial charge in [-0.2, -0.15) is 0 Å². The van der Waals surface area contributed by atoms with Gasteiger partial charge >= 0.3 is 0 Å². The first-order valence-corrected chi connectivity index (χ1v) is 8.92. The number of hydrogen-bond acceptors (Lipinski definition) is 4. The lowest BCUT2D eigenvalue weighted by atomic mass is 9.95. The predicted molar refractivity (Wildman–Crippen MR) is 98.5 cm³/mol. The number of amides is 2. The summed E-state index contributed by atoms with van der Waals surface area (Å²) >= 11 is 0. The normalized spacial score (nSPS) is 15.0. The van der Waals surface area contributed by atoms with E-state index in [-0.39, 0.29) is 24.3 Å². The van der Waals surface area contributed by atoms with Gasteiger partial charge < -0.3 is 19.9 Å². The van der Waals surface area contributed by atoms with Gasteiger partial charge in [-0.15, -0.1) is 0 Å². The van der Waals surface area contributed by atoms with Crippen LogP contribution in [-0.4, -0.2) is 53.0 Å². The number of piperidine rings is 1. The molecule has 7 heteroatoms. The molecule has 1 aromatic heterocycles. The van der Waals surface area contributed by atoms with E-state index in [1.54, 1.807) is 17.4 Å². The highest BCUT2D eigenvalue weighted by Gasteiger charge is 2.27. The Morgan fingerprint density at radius 3 is 2.85 bits per heavy atom. The van der Waals surface area contributed by atoms with Gasteiger partial charge in [0.15, 0.2) is 0 Å². The molecule has 0 spiro atoms. The van der Waals surface area contributed by atoms with E-state index in [2.05, 4.69) is 15.3 Å². The third kappa shape index (κ3) is 4.49. The fraction of sp³-hybridized carbons (Fsp3) is 0.421. The van der Waals surface area contributed by atoms with Gasteiger partial charge in [0.05, 0.1) is 18.2 Å². The van der Waals surface area contributed by atoms with Crippen LogP contribution in [0, 0.1) is 5.92 Å². The third-order valence-corrected chi connectivity index (χ3v) is 4.59. The van der Waals surface area contributed by atoms with Crippen LogP contribution in [0.2, 0.25) is 0 Å². The molecule has 0 aliphatic carbocycles. The van der Waals surface area contributed by atoms with Crippen LogP contribution in [0.4, 0.5) is 5.69 Å². The van der Waals surface area contributed by atoms with Crippen molar-refractivity contribution in [1.29, 1.82) is 0 Å². The zero-order valence-corrected chi connectivity index (χ0v) is 14.9. The Balaban J connectivity index is 1.53. The van der Waals surface area contributed by atoms with Crippen LogP contribution in [0.1, 0.15) is 19.8 Å². The summed E-state index contributed by atoms with van der Waals surface area (Å²) in [4.78, 5) is 33.4. The smallest absolute Gasteiger partial charge is 0.248 e. The molecule has 0 bridgehead atoms. The Kier molecular flexibility index (Phi) is 6.01. The van der Waals surface area contributed by atoms with Crippen LogP contribution in [-0.2, 0) is 14.3 Å². The Bertz CT molecular complexity index is 737. The maximum atomic E-state index is 12.6. The van der Waals surface area contributed by atoms with Gasteiger partial charge in [-0.25, -0.2) is 4.98 Å². The lowest BCUT2D eigenvalue weighted by Gasteiger charge is -2.31. The molecule has 0 saturated carbocycles. The number of nitrogens with zero attached hydrogens (tertiary/aromatic N) is 2. The number of benzene rings is 1. The molecule has 26 heavy (non-hydrogen) atoms. The van der Waals surface area contributed by atoms with Crippen molar-refractivity contribution in [1.82, 2.24) is 14.9 Å². The zero-order chi connectivity index (χ0) is 18.4. The topological polar surface area (TPSA) is 87.3 Å². The van der Waals surface area contributed by atoms with E-state index in [1.165, 1.54) is 0 Å². The van der Waals surface area contributed by atoms with Gasteiger partial charge in [-0.1, -0.05) is 12.1 Å². The molecule has 1 fully saturated rings. The summed E-state index contributed by atoms with van der Waals surface area (Å²) in [5.74, 6) is -0.0800. The number of carbonyl (C=O) groups is 2. The zero-order valence-electron chi connectivity index (χ0n) is 14.9. The summed E-state index contributed by atoms with van der Waals surface area (Å²) < 4.78 is 5.17. The summed E-state index contributed by atoms with van der Waals surface area (Å²) in [6.07, 6.45) is 4.71. The average molecular weight is 356 g/mol. The van der Waals surface area contributed by atoms with Crippen molar-refractivity contribution < 1.29 is 14.3 Å². The second-order valence-electron chi connectivity index (χ2n) is 6.33. The molecule has 2 heterocycles. The summed E-state index contributed by atoms with van der Waals surface area (Å²) in [5, 5.41) is 2.99. The number of aromatic nitrogens is 2. The van der Waals surface area contributed by atoms with Gasteiger partial charge in [-0.3, -0.25) is 9.59 Å². The fourth-order valence-corrected chi connectivity index (χ4v) is 3.09. The minimum absolute atomic E-state index is 0.00188. The molecule has 2 amide bonds. The Morgan fingerprint density at radius 2 is 2.15 bits per heavy atom. The van der Waals surface area contributed by atoms with E-state index >= 15 is 0 Å². The fourth-order valence-electron chi connectivity index (χ4n) is 3.09. The molecule has 1 aromatic carbocycles. The number of rotatable bonds is 6. The maximum absolute atomic E-state index is 12.6. The molecule has 2 aromatic rings. The van der Waals surface area contributed by atoms with Crippen molar-refractivity contribution in [3.63, 3.8) is 0 Å². The number of hydrogen-bond donors (Lipinski definition) is 2. The maximum Gasteiger partial charge on any atom is 0.248 e. The molecule has 0 unspecified atom stereocenters. The molecule has 138 valence electrons. The van der Waals surface area contributed by atoms with Gasteiger partial charge in [0, 0.05) is 36.9 Å². The molecular weight excluding hydrogens is 332 g/mol. The van der Waals surface area contributed by atoms with Crippen LogP contribution in [0.15, 0.2) is 36.8 Å². The summed E-state index contributed by atoms with van der Waals surface area (Å²) in [5.41, 5.74) is 2.64. The second-order valence-corrected chi connectivity index (χ2v) is 6.33. The number of ether oxygens (including phenoxy) is 1. The van der Waals surface area contributed by atoms with Crippen LogP contribution in [0.5, 0.6) is 0 Å². The number of carbonyl (C=O) groups excluding carboxylic acids is 2. The van der Waals surface area contributed by atoms with Crippen molar-refractivity contribution in [2.45, 2.75) is 19.8 Å². The third-order valence-electron chi connectivity index (χ3n) is 4.59. The lowest BCUT2D eigenvalue weighted by Crippen LogP contribution is -2.42. The van der Waals surface area contributed by atoms with Crippen LogP contribution in [0.25, 0.3) is 11.3 Å². The largest absolute Gasteiger partial charge is 0.372 e. The molecule has 1 saturated heterocycles. The molecule has 1 aliphatic rings. The minimum atomic E-state index is -0.0815. The molecule has 0 radical (unpaired) electrons. The number of H-pyrrole nitrogens is 1. The minimum Gasteiger partial charge on any atom is -0.372 e. The second kappa shape index (κ2) is 8.62. The Morgan fingerprint density at radius 1 is 1.35 bits per heavy atom. The van der Waals surface area contributed by atoms with Crippen molar-refractivity contribution in [3.8, 4) is 11.3 Å². The van der Waals surface area contributed by atoms with E-state index in [0.717, 1.165) is 16.9 Å². The molecule has 7 nitrogen and oxygen atoms in total. The highest BCUT2D eigenvalue weighted by atomic mass is 16.5. The molecule has 1 aliphatic heterocycles. The van der Waals surface area contributed by atoms with Crippen molar-refractivity contribution in [2.75, 3.05) is 31.6 Å². The van der Waals surface area contributed by atoms with E-state index in [4.69, 9.17) is 4.74 Å². The van der Waals surface area contributed by atoms with Crippen molar-refractivity contribution in [3.05, 3.63) is 36.8 Å². The van der Waals surface area contributed by atoms with E-state index in [9.17, 15) is 9.59 Å². The van der Waals surface area contributed by atoms with Crippen molar-refractivity contribution >= 4 is 17.5 Å². The monoisotopic (exact) mass is 356 g/mol. The highest BCUT2D eigenvalue weighted by molar-refractivity contribution is 5.93. The van der Waals surface area contributed by atoms with E-state index in [1.807, 2.05) is 31.2 Å². The first-order valence-electron chi connectivity index (χ1n) is 8.92. The standard InChI is InChI=1S/C19H24N4O3/c1-2-26-12-18(24)23-8-6-14(7-9-23)19(25)22-16-5-3-4-15(10-16)17-11-20-13-21-17/h3-5,10-11,13-14H,2,6-9,12H2,1H3,(H,20,21)(H,22,25). The summed E-state index contributed by atoms with van der Waals surface area (Å²) in [6, 6.07) is 7.66. The molecular formula is C19H24N4O3. The first kappa shape index (κ1) is 18.1. The van der Waals surface area contributed by atoms with E-state index < -0.39 is 0 Å². The number of likely N-dealkylation sites (tertiary alicyclic amines) is 1. The number of imidazole rings is 1. The van der Waals surface area contributed by atoms with Gasteiger partial charge in [0.25, 0.3) is 0 Å². The number of aromatic amines is 1. The Labute approximate surface area is 152 Å². The van der Waals surface area contributed by atoms with E-state index in [0.29, 0.717) is 32.5 Å². The van der Waals surface area contributed by atoms with Crippen molar-refractivity contribution in [2.24, 2.45) is 5.92 Å². The Hall–Kier alpha value is -2.67. The molecule has 0 atom stereocenters. The highest BCUT2D eigenvalue weighted by Crippen LogP contribution is 2.23. The van der Waals surface area contributed by atoms with Gasteiger partial charge in [-0.05, 0) is 31.9 Å². The SMILES string of the molecule is CCOCC(=O)N1CCC(C(=O)Nc2cccc(-c3cnc[nH]3)c2)CC1. The lowest BCUT2D eigenvalue weighted by molar-refractivity contribution is -0.138. The quantitative estimate of drug-likeness (QED) is 0.831. The number of nitrogens with one attached hydrogen (secondary N) is 2. The average Bonchev–Trinajstić information content (AvgIpc) is 3.21. The predicted octanol–water partition coefficient (Wildman–Crippen LogP) is 2.29.